The van der Waals surface area contributed by atoms with E-state index < -0.39 is 0 Å². The van der Waals surface area contributed by atoms with Gasteiger partial charge in [-0.05, 0) is 48.2 Å². The number of aromatic amines is 1. The van der Waals surface area contributed by atoms with Gasteiger partial charge in [0.2, 0.25) is 5.82 Å². The Bertz CT molecular complexity index is 1410. The molecule has 0 bridgehead atoms. The molecule has 6 heteroatoms. The molecule has 0 atom stereocenters. The van der Waals surface area contributed by atoms with E-state index in [2.05, 4.69) is 87.1 Å². The van der Waals surface area contributed by atoms with Crippen molar-refractivity contribution in [2.45, 2.75) is 27.4 Å². The SMILES string of the molecule is Cc1ccc(-c2c(OCc3ccc(-c4ccccc4-c4nn[nH]n4)cc3)cc(C)nc2C)cc1. The van der Waals surface area contributed by atoms with Crippen LogP contribution in [-0.2, 0) is 6.61 Å². The Kier molecular flexibility index (Phi) is 5.87. The van der Waals surface area contributed by atoms with Crippen LogP contribution in [0.1, 0.15) is 22.5 Å². The van der Waals surface area contributed by atoms with Gasteiger partial charge in [0.15, 0.2) is 0 Å². The molecule has 6 nitrogen and oxygen atoms in total. The second kappa shape index (κ2) is 9.27. The van der Waals surface area contributed by atoms with E-state index in [1.165, 1.54) is 5.56 Å². The van der Waals surface area contributed by atoms with Crippen molar-refractivity contribution >= 4 is 0 Å². The Morgan fingerprint density at radius 1 is 0.794 bits per heavy atom. The maximum Gasteiger partial charge on any atom is 0.205 e. The number of ether oxygens (including phenoxy) is 1. The highest BCUT2D eigenvalue weighted by molar-refractivity contribution is 5.80. The van der Waals surface area contributed by atoms with Gasteiger partial charge in [0, 0.05) is 28.6 Å². The second-order valence-corrected chi connectivity index (χ2v) is 8.35. The van der Waals surface area contributed by atoms with E-state index in [0.29, 0.717) is 12.4 Å². The molecule has 0 aliphatic carbocycles. The molecule has 1 N–H and O–H groups in total. The Morgan fingerprint density at radius 2 is 1.50 bits per heavy atom. The van der Waals surface area contributed by atoms with Gasteiger partial charge < -0.3 is 4.74 Å². The molecule has 0 amide bonds. The molecule has 3 aromatic carbocycles. The van der Waals surface area contributed by atoms with Gasteiger partial charge in [-0.2, -0.15) is 5.21 Å². The van der Waals surface area contributed by atoms with Crippen LogP contribution in [0.25, 0.3) is 33.6 Å². The highest BCUT2D eigenvalue weighted by Gasteiger charge is 2.13. The van der Waals surface area contributed by atoms with Gasteiger partial charge in [-0.1, -0.05) is 78.4 Å². The number of nitrogens with zero attached hydrogens (tertiary/aromatic N) is 4. The molecule has 2 aromatic heterocycles. The molecule has 0 unspecified atom stereocenters. The van der Waals surface area contributed by atoms with Gasteiger partial charge in [0.1, 0.15) is 12.4 Å². The molecular formula is C28H25N5O. The van der Waals surface area contributed by atoms with Gasteiger partial charge in [0.05, 0.1) is 0 Å². The maximum absolute atomic E-state index is 6.33. The zero-order valence-electron chi connectivity index (χ0n) is 19.4. The van der Waals surface area contributed by atoms with Crippen LogP contribution < -0.4 is 4.74 Å². The Hall–Kier alpha value is -4.32. The Labute approximate surface area is 198 Å². The van der Waals surface area contributed by atoms with E-state index in [-0.39, 0.29) is 0 Å². The van der Waals surface area contributed by atoms with Crippen LogP contribution in [0.5, 0.6) is 5.75 Å². The molecule has 0 radical (unpaired) electrons. The van der Waals surface area contributed by atoms with E-state index in [0.717, 1.165) is 50.5 Å². The van der Waals surface area contributed by atoms with Crippen LogP contribution in [0.2, 0.25) is 0 Å². The lowest BCUT2D eigenvalue weighted by Gasteiger charge is -2.15. The number of aryl methyl sites for hydroxylation is 3. The summed E-state index contributed by atoms with van der Waals surface area (Å²) in [5.41, 5.74) is 9.44. The molecule has 0 spiro atoms. The molecular weight excluding hydrogens is 422 g/mol. The van der Waals surface area contributed by atoms with Crippen molar-refractivity contribution in [3.8, 4) is 39.4 Å². The topological polar surface area (TPSA) is 76.6 Å². The summed E-state index contributed by atoms with van der Waals surface area (Å²) in [5.74, 6) is 1.43. The van der Waals surface area contributed by atoms with Gasteiger partial charge in [0.25, 0.3) is 0 Å². The number of aromatic nitrogens is 5. The third-order valence-electron chi connectivity index (χ3n) is 5.81. The molecule has 0 saturated carbocycles. The van der Waals surface area contributed by atoms with Gasteiger partial charge in [-0.15, -0.1) is 10.2 Å². The lowest BCUT2D eigenvalue weighted by molar-refractivity contribution is 0.307. The van der Waals surface area contributed by atoms with Crippen molar-refractivity contribution < 1.29 is 4.74 Å². The number of benzene rings is 3. The van der Waals surface area contributed by atoms with E-state index in [9.17, 15) is 0 Å². The van der Waals surface area contributed by atoms with E-state index >= 15 is 0 Å². The molecule has 5 rings (SSSR count). The molecule has 168 valence electrons. The number of rotatable bonds is 6. The lowest BCUT2D eigenvalue weighted by Crippen LogP contribution is -2.01. The highest BCUT2D eigenvalue weighted by atomic mass is 16.5. The van der Waals surface area contributed by atoms with E-state index in [1.807, 2.05) is 38.1 Å². The average Bonchev–Trinajstić information content (AvgIpc) is 3.39. The third kappa shape index (κ3) is 4.43. The summed E-state index contributed by atoms with van der Waals surface area (Å²) in [6, 6.07) is 26.9. The van der Waals surface area contributed by atoms with Crippen molar-refractivity contribution in [1.29, 1.82) is 0 Å². The van der Waals surface area contributed by atoms with Crippen molar-refractivity contribution in [1.82, 2.24) is 25.6 Å². The summed E-state index contributed by atoms with van der Waals surface area (Å²) in [6.45, 7) is 6.58. The summed E-state index contributed by atoms with van der Waals surface area (Å²) in [4.78, 5) is 4.67. The zero-order chi connectivity index (χ0) is 23.5. The van der Waals surface area contributed by atoms with Crippen molar-refractivity contribution in [3.63, 3.8) is 0 Å². The molecule has 0 aliphatic heterocycles. The lowest BCUT2D eigenvalue weighted by atomic mass is 9.98. The predicted molar refractivity (Wildman–Crippen MR) is 133 cm³/mol. The average molecular weight is 448 g/mol. The first kappa shape index (κ1) is 21.5. The van der Waals surface area contributed by atoms with Gasteiger partial charge in [-0.3, -0.25) is 4.98 Å². The Morgan fingerprint density at radius 3 is 2.21 bits per heavy atom. The first-order valence-electron chi connectivity index (χ1n) is 11.2. The smallest absolute Gasteiger partial charge is 0.205 e. The van der Waals surface area contributed by atoms with Crippen LogP contribution >= 0.6 is 0 Å². The number of hydrogen-bond acceptors (Lipinski definition) is 5. The van der Waals surface area contributed by atoms with E-state index in [1.54, 1.807) is 0 Å². The van der Waals surface area contributed by atoms with Crippen molar-refractivity contribution in [3.05, 3.63) is 101 Å². The summed E-state index contributed by atoms with van der Waals surface area (Å²) in [7, 11) is 0. The number of hydrogen-bond donors (Lipinski definition) is 1. The monoisotopic (exact) mass is 447 g/mol. The largest absolute Gasteiger partial charge is 0.488 e. The summed E-state index contributed by atoms with van der Waals surface area (Å²) >= 11 is 0. The fourth-order valence-corrected chi connectivity index (χ4v) is 4.13. The third-order valence-corrected chi connectivity index (χ3v) is 5.81. The standard InChI is InChI=1S/C28H25N5O/c1-18-8-12-23(13-9-18)27-20(3)29-19(2)16-26(27)34-17-21-10-14-22(15-11-21)24-6-4-5-7-25(24)28-30-32-33-31-28/h4-16H,17H2,1-3H3,(H,30,31,32,33). The fourth-order valence-electron chi connectivity index (χ4n) is 4.13. The molecule has 2 heterocycles. The van der Waals surface area contributed by atoms with E-state index in [4.69, 9.17) is 4.74 Å². The summed E-state index contributed by atoms with van der Waals surface area (Å²) in [5, 5.41) is 14.5. The number of pyridine rings is 1. The predicted octanol–water partition coefficient (Wildman–Crippen LogP) is 6.10. The number of tetrazole rings is 1. The molecule has 0 fully saturated rings. The minimum atomic E-state index is 0.467. The number of H-pyrrole nitrogens is 1. The molecule has 5 aromatic rings. The molecule has 0 saturated heterocycles. The van der Waals surface area contributed by atoms with Gasteiger partial charge in [-0.25, -0.2) is 0 Å². The molecule has 34 heavy (non-hydrogen) atoms. The van der Waals surface area contributed by atoms with Crippen LogP contribution in [0, 0.1) is 20.8 Å². The first-order valence-corrected chi connectivity index (χ1v) is 11.2. The van der Waals surface area contributed by atoms with Gasteiger partial charge >= 0.3 is 0 Å². The van der Waals surface area contributed by atoms with Crippen LogP contribution in [0.3, 0.4) is 0 Å². The maximum atomic E-state index is 6.33. The second-order valence-electron chi connectivity index (χ2n) is 8.35. The minimum absolute atomic E-state index is 0.467. The van der Waals surface area contributed by atoms with Crippen LogP contribution in [0.15, 0.2) is 78.9 Å². The molecule has 0 aliphatic rings. The quantitative estimate of drug-likeness (QED) is 0.340. The number of nitrogens with one attached hydrogen (secondary N) is 1. The zero-order valence-corrected chi connectivity index (χ0v) is 19.4. The minimum Gasteiger partial charge on any atom is -0.488 e. The Balaban J connectivity index is 1.39. The normalized spacial score (nSPS) is 10.9. The fraction of sp³-hybridized carbons (Fsp3) is 0.143. The summed E-state index contributed by atoms with van der Waals surface area (Å²) in [6.07, 6.45) is 0. The first-order chi connectivity index (χ1) is 16.6. The summed E-state index contributed by atoms with van der Waals surface area (Å²) < 4.78 is 6.33. The van der Waals surface area contributed by atoms with Crippen LogP contribution in [-0.4, -0.2) is 25.6 Å². The van der Waals surface area contributed by atoms with Crippen molar-refractivity contribution in [2.75, 3.05) is 0 Å². The van der Waals surface area contributed by atoms with Crippen LogP contribution in [0.4, 0.5) is 0 Å². The van der Waals surface area contributed by atoms with Crippen molar-refractivity contribution in [2.24, 2.45) is 0 Å². The highest BCUT2D eigenvalue weighted by Crippen LogP contribution is 2.34.